The maximum atomic E-state index is 2.43. The highest BCUT2D eigenvalue weighted by molar-refractivity contribution is 6.10. The van der Waals surface area contributed by atoms with Crippen molar-refractivity contribution in [3.63, 3.8) is 0 Å². The minimum atomic E-state index is 1.08. The SMILES string of the molecule is c1ccc(-c2ccc(N(c3ccc(-c4ccccc4)cc3)c3ccc(-c4cc(-n5c6ccccc6c6ccccc65)cc(-n5c6ccccc6c6ccccc65)c4)cc3)cc2)cc1. The lowest BCUT2D eigenvalue weighted by molar-refractivity contribution is 1.13. The summed E-state index contributed by atoms with van der Waals surface area (Å²) < 4.78 is 4.86. The van der Waals surface area contributed by atoms with Crippen LogP contribution in [0.5, 0.6) is 0 Å². The van der Waals surface area contributed by atoms with Crippen LogP contribution >= 0.6 is 0 Å². The molecule has 0 saturated heterocycles. The van der Waals surface area contributed by atoms with Crippen molar-refractivity contribution in [1.82, 2.24) is 9.13 Å². The van der Waals surface area contributed by atoms with Gasteiger partial charge in [-0.15, -0.1) is 0 Å². The van der Waals surface area contributed by atoms with E-state index in [0.29, 0.717) is 0 Å². The number of hydrogen-bond acceptors (Lipinski definition) is 1. The van der Waals surface area contributed by atoms with Crippen molar-refractivity contribution in [2.75, 3.05) is 4.90 Å². The zero-order valence-electron chi connectivity index (χ0n) is 34.5. The van der Waals surface area contributed by atoms with Gasteiger partial charge in [-0.25, -0.2) is 0 Å². The molecule has 0 aliphatic rings. The highest BCUT2D eigenvalue weighted by Gasteiger charge is 2.19. The fourth-order valence-corrected chi connectivity index (χ4v) is 9.54. The lowest BCUT2D eigenvalue weighted by atomic mass is 10.0. The van der Waals surface area contributed by atoms with Gasteiger partial charge in [0.1, 0.15) is 0 Å². The molecule has 2 aromatic heterocycles. The quantitative estimate of drug-likeness (QED) is 0.149. The molecule has 0 saturated carbocycles. The van der Waals surface area contributed by atoms with Gasteiger partial charge >= 0.3 is 0 Å². The van der Waals surface area contributed by atoms with Gasteiger partial charge in [-0.05, 0) is 112 Å². The zero-order chi connectivity index (χ0) is 41.7. The van der Waals surface area contributed by atoms with Gasteiger partial charge in [0.25, 0.3) is 0 Å². The highest BCUT2D eigenvalue weighted by atomic mass is 15.1. The first kappa shape index (κ1) is 36.5. The Labute approximate surface area is 366 Å². The Kier molecular flexibility index (Phi) is 8.83. The molecule has 3 nitrogen and oxygen atoms in total. The minimum Gasteiger partial charge on any atom is -0.311 e. The number of anilines is 3. The Morgan fingerprint density at radius 2 is 0.492 bits per heavy atom. The number of aromatic nitrogens is 2. The van der Waals surface area contributed by atoms with Crippen molar-refractivity contribution >= 4 is 60.7 Å². The third kappa shape index (κ3) is 6.38. The standard InChI is InChI=1S/C60H41N3/c1-3-15-42(16-4-1)44-27-33-48(34-28-44)61(49-35-29-45(30-36-49)43-17-5-2-6-18-43)50-37-31-46(32-38-50)47-39-51(62-57-23-11-7-19-53(57)54-20-8-12-24-58(54)62)41-52(40-47)63-59-25-13-9-21-55(59)56-22-10-14-26-60(56)63/h1-41H. The summed E-state index contributed by atoms with van der Waals surface area (Å²) in [5, 5.41) is 4.98. The predicted octanol–water partition coefficient (Wildman–Crippen LogP) is 16.4. The van der Waals surface area contributed by atoms with E-state index in [1.165, 1.54) is 65.9 Å². The van der Waals surface area contributed by atoms with E-state index in [1.54, 1.807) is 0 Å². The summed E-state index contributed by atoms with van der Waals surface area (Å²) in [6.07, 6.45) is 0. The summed E-state index contributed by atoms with van der Waals surface area (Å²) in [7, 11) is 0. The van der Waals surface area contributed by atoms with E-state index in [1.807, 2.05) is 0 Å². The molecule has 0 bridgehead atoms. The Morgan fingerprint density at radius 3 is 0.825 bits per heavy atom. The van der Waals surface area contributed by atoms with Gasteiger partial charge < -0.3 is 14.0 Å². The third-order valence-corrected chi connectivity index (χ3v) is 12.5. The van der Waals surface area contributed by atoms with Crippen LogP contribution in [0.4, 0.5) is 17.1 Å². The number of nitrogens with zero attached hydrogens (tertiary/aromatic N) is 3. The van der Waals surface area contributed by atoms with Gasteiger partial charge in [0.2, 0.25) is 0 Å². The monoisotopic (exact) mass is 803 g/mol. The van der Waals surface area contributed by atoms with Crippen LogP contribution in [0.15, 0.2) is 249 Å². The van der Waals surface area contributed by atoms with Crippen molar-refractivity contribution in [2.24, 2.45) is 0 Å². The fraction of sp³-hybridized carbons (Fsp3) is 0. The molecule has 63 heavy (non-hydrogen) atoms. The van der Waals surface area contributed by atoms with Crippen LogP contribution in [0.3, 0.4) is 0 Å². The largest absolute Gasteiger partial charge is 0.311 e. The first-order chi connectivity index (χ1) is 31.2. The summed E-state index contributed by atoms with van der Waals surface area (Å²) in [6.45, 7) is 0. The maximum absolute atomic E-state index is 2.43. The van der Waals surface area contributed by atoms with Gasteiger partial charge in [-0.2, -0.15) is 0 Å². The Balaban J connectivity index is 1.02. The zero-order valence-corrected chi connectivity index (χ0v) is 34.5. The molecule has 10 aromatic carbocycles. The fourth-order valence-electron chi connectivity index (χ4n) is 9.54. The molecule has 0 fully saturated rings. The lowest BCUT2D eigenvalue weighted by Crippen LogP contribution is -2.09. The number of fused-ring (bicyclic) bond motifs is 6. The predicted molar refractivity (Wildman–Crippen MR) is 266 cm³/mol. The molecule has 0 spiro atoms. The van der Waals surface area contributed by atoms with Crippen LogP contribution in [0.2, 0.25) is 0 Å². The second-order valence-corrected chi connectivity index (χ2v) is 16.2. The second-order valence-electron chi connectivity index (χ2n) is 16.2. The van der Waals surface area contributed by atoms with E-state index in [0.717, 1.165) is 39.6 Å². The van der Waals surface area contributed by atoms with Crippen molar-refractivity contribution in [3.05, 3.63) is 249 Å². The molecule has 0 unspecified atom stereocenters. The molecule has 0 atom stereocenters. The van der Waals surface area contributed by atoms with Crippen LogP contribution in [-0.2, 0) is 0 Å². The molecule has 3 heteroatoms. The van der Waals surface area contributed by atoms with Crippen molar-refractivity contribution in [3.8, 4) is 44.8 Å². The highest BCUT2D eigenvalue weighted by Crippen LogP contribution is 2.40. The van der Waals surface area contributed by atoms with E-state index < -0.39 is 0 Å². The number of rotatable bonds is 8. The van der Waals surface area contributed by atoms with Crippen molar-refractivity contribution < 1.29 is 0 Å². The van der Waals surface area contributed by atoms with Crippen LogP contribution in [0, 0.1) is 0 Å². The van der Waals surface area contributed by atoms with Gasteiger partial charge in [-0.3, -0.25) is 0 Å². The van der Waals surface area contributed by atoms with E-state index in [4.69, 9.17) is 0 Å². The molecule has 0 aliphatic heterocycles. The van der Waals surface area contributed by atoms with Crippen LogP contribution in [-0.4, -0.2) is 9.13 Å². The molecule has 2 heterocycles. The molecular formula is C60H41N3. The summed E-state index contributed by atoms with van der Waals surface area (Å²) in [5.74, 6) is 0. The Hall–Kier alpha value is -8.40. The molecule has 12 aromatic rings. The van der Waals surface area contributed by atoms with Crippen molar-refractivity contribution in [2.45, 2.75) is 0 Å². The number of benzene rings is 10. The van der Waals surface area contributed by atoms with Gasteiger partial charge in [0.05, 0.1) is 22.1 Å². The first-order valence-electron chi connectivity index (χ1n) is 21.6. The van der Waals surface area contributed by atoms with Crippen LogP contribution < -0.4 is 4.90 Å². The van der Waals surface area contributed by atoms with Gasteiger partial charge in [-0.1, -0.05) is 170 Å². The Morgan fingerprint density at radius 1 is 0.222 bits per heavy atom. The molecular weight excluding hydrogens is 763 g/mol. The van der Waals surface area contributed by atoms with Gasteiger partial charge in [0, 0.05) is 50.0 Å². The summed E-state index contributed by atoms with van der Waals surface area (Å²) in [5.41, 5.74) is 17.3. The van der Waals surface area contributed by atoms with E-state index in [-0.39, 0.29) is 0 Å². The summed E-state index contributed by atoms with van der Waals surface area (Å²) in [4.78, 5) is 2.35. The Bertz CT molecular complexity index is 3260. The third-order valence-electron chi connectivity index (χ3n) is 12.5. The van der Waals surface area contributed by atoms with Crippen LogP contribution in [0.1, 0.15) is 0 Å². The average molecular weight is 804 g/mol. The molecule has 0 radical (unpaired) electrons. The molecule has 0 amide bonds. The minimum absolute atomic E-state index is 1.08. The number of hydrogen-bond donors (Lipinski definition) is 0. The van der Waals surface area contributed by atoms with Crippen LogP contribution in [0.25, 0.3) is 88.4 Å². The van der Waals surface area contributed by atoms with E-state index in [9.17, 15) is 0 Å². The lowest BCUT2D eigenvalue weighted by Gasteiger charge is -2.26. The normalized spacial score (nSPS) is 11.5. The van der Waals surface area contributed by atoms with E-state index in [2.05, 4.69) is 263 Å². The number of para-hydroxylation sites is 4. The molecule has 0 aliphatic carbocycles. The van der Waals surface area contributed by atoms with Gasteiger partial charge in [0.15, 0.2) is 0 Å². The average Bonchev–Trinajstić information content (AvgIpc) is 3.88. The summed E-state index contributed by atoms with van der Waals surface area (Å²) in [6, 6.07) is 90.1. The molecule has 296 valence electrons. The maximum Gasteiger partial charge on any atom is 0.0541 e. The smallest absolute Gasteiger partial charge is 0.0541 e. The topological polar surface area (TPSA) is 13.1 Å². The van der Waals surface area contributed by atoms with Crippen molar-refractivity contribution in [1.29, 1.82) is 0 Å². The summed E-state index contributed by atoms with van der Waals surface area (Å²) >= 11 is 0. The second kappa shape index (κ2) is 15.3. The van der Waals surface area contributed by atoms with E-state index >= 15 is 0 Å². The molecule has 0 N–H and O–H groups in total. The molecule has 12 rings (SSSR count). The first-order valence-corrected chi connectivity index (χ1v) is 21.6.